The Morgan fingerprint density at radius 1 is 0.478 bits per heavy atom. The molecule has 0 rings (SSSR count). The Kier molecular flexibility index (Phi) is 17.2. The highest BCUT2D eigenvalue weighted by atomic mass is 28.3. The van der Waals surface area contributed by atoms with E-state index in [0.717, 1.165) is 0 Å². The van der Waals surface area contributed by atoms with E-state index in [9.17, 15) is 0 Å². The summed E-state index contributed by atoms with van der Waals surface area (Å²) in [7, 11) is -0.891. The van der Waals surface area contributed by atoms with Crippen molar-refractivity contribution in [3.63, 3.8) is 0 Å². The van der Waals surface area contributed by atoms with E-state index < -0.39 is 8.07 Å². The molecule has 0 unspecified atom stereocenters. The van der Waals surface area contributed by atoms with Gasteiger partial charge in [-0.25, -0.2) is 0 Å². The maximum Gasteiger partial charge on any atom is 0.0473 e. The van der Waals surface area contributed by atoms with Crippen LogP contribution in [0.5, 0.6) is 0 Å². The maximum absolute atomic E-state index is 2.62. The largest absolute Gasteiger partial charge is 0.0693 e. The molecular weight excluding hydrogens is 292 g/mol. The van der Waals surface area contributed by atoms with Crippen LogP contribution in [0.2, 0.25) is 19.6 Å². The molecule has 0 aromatic rings. The Morgan fingerprint density at radius 3 is 1.09 bits per heavy atom. The van der Waals surface area contributed by atoms with Crippen LogP contribution in [0.1, 0.15) is 116 Å². The Hall–Kier alpha value is 0.217. The van der Waals surface area contributed by atoms with Crippen molar-refractivity contribution in [2.24, 2.45) is 0 Å². The van der Waals surface area contributed by atoms with Gasteiger partial charge in [-0.1, -0.05) is 136 Å². The number of hydrogen-bond acceptors (Lipinski definition) is 0. The molecule has 23 heavy (non-hydrogen) atoms. The van der Waals surface area contributed by atoms with E-state index in [1.54, 1.807) is 0 Å². The van der Waals surface area contributed by atoms with Crippen molar-refractivity contribution in [2.45, 2.75) is 136 Å². The van der Waals surface area contributed by atoms with Gasteiger partial charge in [0.25, 0.3) is 0 Å². The molecule has 0 nitrogen and oxygen atoms in total. The Balaban J connectivity index is 3.00. The van der Waals surface area contributed by atoms with Crippen LogP contribution in [-0.2, 0) is 0 Å². The lowest BCUT2D eigenvalue weighted by Crippen LogP contribution is -2.20. The predicted octanol–water partition coefficient (Wildman–Crippen LogP) is 8.72. The zero-order valence-corrected chi connectivity index (χ0v) is 18.1. The van der Waals surface area contributed by atoms with Gasteiger partial charge in [0.05, 0.1) is 0 Å². The minimum atomic E-state index is -0.891. The minimum absolute atomic E-state index is 0.891. The van der Waals surface area contributed by atoms with Crippen molar-refractivity contribution in [3.8, 4) is 0 Å². The molecule has 0 aromatic heterocycles. The molecule has 0 amide bonds. The molecule has 1 heteroatoms. The second-order valence-electron chi connectivity index (χ2n) is 8.66. The molecule has 0 spiro atoms. The summed E-state index contributed by atoms with van der Waals surface area (Å²) in [6.07, 6.45) is 24.8. The Bertz CT molecular complexity index is 217. The van der Waals surface area contributed by atoms with Crippen LogP contribution in [0.15, 0.2) is 0 Å². The summed E-state index contributed by atoms with van der Waals surface area (Å²) in [5.41, 5.74) is 0. The van der Waals surface area contributed by atoms with Crippen molar-refractivity contribution < 1.29 is 0 Å². The smallest absolute Gasteiger partial charge is 0.0473 e. The van der Waals surface area contributed by atoms with Crippen molar-refractivity contribution in [3.05, 3.63) is 6.04 Å². The van der Waals surface area contributed by atoms with Crippen LogP contribution in [0.3, 0.4) is 0 Å². The SMILES string of the molecule is CCCCCCCCCCCCCCCCCC[CH][Si](C)(C)C. The summed E-state index contributed by atoms with van der Waals surface area (Å²) in [6, 6.07) is 2.62. The average molecular weight is 340 g/mol. The highest BCUT2D eigenvalue weighted by Crippen LogP contribution is 2.15. The molecule has 0 heterocycles. The fourth-order valence-electron chi connectivity index (χ4n) is 3.23. The number of unbranched alkanes of at least 4 members (excludes halogenated alkanes) is 16. The molecule has 139 valence electrons. The first kappa shape index (κ1) is 23.2. The first-order chi connectivity index (χ1) is 11.1. The van der Waals surface area contributed by atoms with Crippen LogP contribution < -0.4 is 0 Å². The summed E-state index contributed by atoms with van der Waals surface area (Å²) in [6.45, 7) is 9.63. The molecule has 0 aliphatic heterocycles. The van der Waals surface area contributed by atoms with Gasteiger partial charge in [0.1, 0.15) is 0 Å². The van der Waals surface area contributed by atoms with E-state index >= 15 is 0 Å². The molecule has 0 aliphatic rings. The molecule has 0 fully saturated rings. The van der Waals surface area contributed by atoms with Gasteiger partial charge in [0.2, 0.25) is 0 Å². The molecule has 1 radical (unpaired) electrons. The Labute approximate surface area is 150 Å². The first-order valence-electron chi connectivity index (χ1n) is 10.9. The zero-order valence-electron chi connectivity index (χ0n) is 17.1. The number of hydrogen-bond donors (Lipinski definition) is 0. The van der Waals surface area contributed by atoms with Crippen LogP contribution in [0.25, 0.3) is 0 Å². The summed E-state index contributed by atoms with van der Waals surface area (Å²) in [5, 5.41) is 0. The molecule has 0 atom stereocenters. The molecule has 0 bridgehead atoms. The van der Waals surface area contributed by atoms with E-state index in [1.807, 2.05) is 0 Å². The van der Waals surface area contributed by atoms with Crippen LogP contribution in [0.4, 0.5) is 0 Å². The van der Waals surface area contributed by atoms with E-state index in [-0.39, 0.29) is 0 Å². The van der Waals surface area contributed by atoms with E-state index in [2.05, 4.69) is 32.6 Å². The van der Waals surface area contributed by atoms with Crippen molar-refractivity contribution in [1.29, 1.82) is 0 Å². The molecule has 0 saturated heterocycles. The van der Waals surface area contributed by atoms with Gasteiger partial charge in [-0.2, -0.15) is 0 Å². The topological polar surface area (TPSA) is 0 Å². The summed E-state index contributed by atoms with van der Waals surface area (Å²) >= 11 is 0. The van der Waals surface area contributed by atoms with Gasteiger partial charge >= 0.3 is 0 Å². The zero-order chi connectivity index (χ0) is 17.2. The number of rotatable bonds is 18. The fourth-order valence-corrected chi connectivity index (χ4v) is 4.30. The average Bonchev–Trinajstić information content (AvgIpc) is 2.49. The molecule has 0 aliphatic carbocycles. The van der Waals surface area contributed by atoms with E-state index in [1.165, 1.54) is 109 Å². The Morgan fingerprint density at radius 2 is 0.783 bits per heavy atom. The molecule has 0 aromatic carbocycles. The lowest BCUT2D eigenvalue weighted by Gasteiger charge is -2.14. The minimum Gasteiger partial charge on any atom is -0.0693 e. The third-order valence-corrected chi connectivity index (χ3v) is 6.33. The van der Waals surface area contributed by atoms with Crippen molar-refractivity contribution >= 4 is 8.07 Å². The quantitative estimate of drug-likeness (QED) is 0.173. The fraction of sp³-hybridized carbons (Fsp3) is 0.955. The van der Waals surface area contributed by atoms with Crippen LogP contribution >= 0.6 is 0 Å². The van der Waals surface area contributed by atoms with Gasteiger partial charge in [0.15, 0.2) is 0 Å². The van der Waals surface area contributed by atoms with Gasteiger partial charge in [0, 0.05) is 8.07 Å². The van der Waals surface area contributed by atoms with Crippen LogP contribution in [0, 0.1) is 6.04 Å². The van der Waals surface area contributed by atoms with Crippen LogP contribution in [-0.4, -0.2) is 8.07 Å². The lowest BCUT2D eigenvalue weighted by molar-refractivity contribution is 0.529. The third-order valence-electron chi connectivity index (χ3n) is 4.81. The van der Waals surface area contributed by atoms with E-state index in [4.69, 9.17) is 0 Å². The van der Waals surface area contributed by atoms with Gasteiger partial charge < -0.3 is 0 Å². The monoisotopic (exact) mass is 339 g/mol. The van der Waals surface area contributed by atoms with Gasteiger partial charge in [-0.05, 0) is 6.04 Å². The maximum atomic E-state index is 2.62. The lowest BCUT2D eigenvalue weighted by atomic mass is 10.0. The third kappa shape index (κ3) is 22.2. The molecule has 0 saturated carbocycles. The first-order valence-corrected chi connectivity index (χ1v) is 14.5. The molecular formula is C22H47Si. The highest BCUT2D eigenvalue weighted by Gasteiger charge is 2.11. The standard InChI is InChI=1S/C22H47Si/c1-5-6-7-8-9-10-11-12-13-14-15-16-17-18-19-20-21-22-23(2,3)4/h22H,5-21H2,1-4H3. The predicted molar refractivity (Wildman–Crippen MR) is 112 cm³/mol. The van der Waals surface area contributed by atoms with Gasteiger partial charge in [-0.15, -0.1) is 0 Å². The van der Waals surface area contributed by atoms with E-state index in [0.29, 0.717) is 0 Å². The van der Waals surface area contributed by atoms with Crippen molar-refractivity contribution in [2.75, 3.05) is 0 Å². The summed E-state index contributed by atoms with van der Waals surface area (Å²) in [4.78, 5) is 0. The van der Waals surface area contributed by atoms with Crippen molar-refractivity contribution in [1.82, 2.24) is 0 Å². The summed E-state index contributed by atoms with van der Waals surface area (Å²) < 4.78 is 0. The summed E-state index contributed by atoms with van der Waals surface area (Å²) in [5.74, 6) is 0. The normalized spacial score (nSPS) is 12.0. The highest BCUT2D eigenvalue weighted by molar-refractivity contribution is 6.79. The second kappa shape index (κ2) is 17.1. The molecule has 0 N–H and O–H groups in total. The van der Waals surface area contributed by atoms with Gasteiger partial charge in [-0.3, -0.25) is 0 Å². The second-order valence-corrected chi connectivity index (χ2v) is 13.8.